The molecule has 0 saturated carbocycles. The van der Waals surface area contributed by atoms with Crippen LogP contribution in [0.2, 0.25) is 5.02 Å². The van der Waals surface area contributed by atoms with E-state index in [1.807, 2.05) is 0 Å². The van der Waals surface area contributed by atoms with Crippen LogP contribution in [0.3, 0.4) is 0 Å². The van der Waals surface area contributed by atoms with Crippen LogP contribution in [0.5, 0.6) is 0 Å². The SMILES string of the molecule is CC1(CNC(=O)c2ccccc2C(=O)c2ccc(Cl)cc2)CCNCC1. The van der Waals surface area contributed by atoms with Gasteiger partial charge in [-0.2, -0.15) is 0 Å². The zero-order chi connectivity index (χ0) is 18.6. The highest BCUT2D eigenvalue weighted by atomic mass is 35.5. The minimum absolute atomic E-state index is 0.0933. The molecule has 4 nitrogen and oxygen atoms in total. The van der Waals surface area contributed by atoms with E-state index in [1.54, 1.807) is 48.5 Å². The van der Waals surface area contributed by atoms with Crippen LogP contribution in [-0.4, -0.2) is 31.3 Å². The van der Waals surface area contributed by atoms with Crippen LogP contribution in [0.4, 0.5) is 0 Å². The highest BCUT2D eigenvalue weighted by Crippen LogP contribution is 2.27. The molecule has 1 fully saturated rings. The van der Waals surface area contributed by atoms with Gasteiger partial charge in [-0.25, -0.2) is 0 Å². The van der Waals surface area contributed by atoms with Crippen molar-refractivity contribution in [3.05, 3.63) is 70.2 Å². The third-order valence-electron chi connectivity index (χ3n) is 5.01. The van der Waals surface area contributed by atoms with Gasteiger partial charge in [-0.05, 0) is 61.7 Å². The van der Waals surface area contributed by atoms with E-state index in [2.05, 4.69) is 17.6 Å². The van der Waals surface area contributed by atoms with Crippen LogP contribution in [-0.2, 0) is 0 Å². The molecule has 0 atom stereocenters. The molecular formula is C21H23ClN2O2. The number of carbonyl (C=O) groups excluding carboxylic acids is 2. The average molecular weight is 371 g/mol. The van der Waals surface area contributed by atoms with E-state index in [1.165, 1.54) is 0 Å². The Bertz CT molecular complexity index is 796. The summed E-state index contributed by atoms with van der Waals surface area (Å²) >= 11 is 5.89. The Morgan fingerprint density at radius 3 is 2.31 bits per heavy atom. The second kappa shape index (κ2) is 8.02. The van der Waals surface area contributed by atoms with E-state index in [4.69, 9.17) is 11.6 Å². The molecule has 0 bridgehead atoms. The molecule has 0 radical (unpaired) electrons. The second-order valence-corrected chi connectivity index (χ2v) is 7.56. The van der Waals surface area contributed by atoms with Gasteiger partial charge < -0.3 is 10.6 Å². The quantitative estimate of drug-likeness (QED) is 0.789. The van der Waals surface area contributed by atoms with Gasteiger partial charge in [-0.3, -0.25) is 9.59 Å². The molecule has 0 spiro atoms. The summed E-state index contributed by atoms with van der Waals surface area (Å²) in [5, 5.41) is 6.94. The fourth-order valence-electron chi connectivity index (χ4n) is 3.23. The number of amides is 1. The van der Waals surface area contributed by atoms with Crippen molar-refractivity contribution in [1.82, 2.24) is 10.6 Å². The Hall–Kier alpha value is -2.17. The van der Waals surface area contributed by atoms with Gasteiger partial charge in [0.15, 0.2) is 5.78 Å². The minimum atomic E-state index is -0.206. The van der Waals surface area contributed by atoms with Crippen LogP contribution >= 0.6 is 11.6 Å². The first-order valence-corrected chi connectivity index (χ1v) is 9.25. The Morgan fingerprint density at radius 1 is 1.04 bits per heavy atom. The predicted molar refractivity (Wildman–Crippen MR) is 104 cm³/mol. The molecule has 2 aromatic carbocycles. The normalized spacial score (nSPS) is 16.1. The summed E-state index contributed by atoms with van der Waals surface area (Å²) in [4.78, 5) is 25.6. The lowest BCUT2D eigenvalue weighted by Gasteiger charge is -2.34. The number of piperidine rings is 1. The second-order valence-electron chi connectivity index (χ2n) is 7.12. The van der Waals surface area contributed by atoms with Crippen molar-refractivity contribution in [2.45, 2.75) is 19.8 Å². The molecule has 1 heterocycles. The zero-order valence-electron chi connectivity index (χ0n) is 14.8. The number of hydrogen-bond acceptors (Lipinski definition) is 3. The first-order valence-electron chi connectivity index (χ1n) is 8.87. The number of benzene rings is 2. The van der Waals surface area contributed by atoms with Crippen LogP contribution in [0.25, 0.3) is 0 Å². The lowest BCUT2D eigenvalue weighted by molar-refractivity contribution is 0.0913. The highest BCUT2D eigenvalue weighted by Gasteiger charge is 2.28. The van der Waals surface area contributed by atoms with Gasteiger partial charge in [0.2, 0.25) is 0 Å². The Labute approximate surface area is 158 Å². The summed E-state index contributed by atoms with van der Waals surface area (Å²) in [5.41, 5.74) is 1.42. The lowest BCUT2D eigenvalue weighted by Crippen LogP contribution is -2.43. The molecule has 5 heteroatoms. The highest BCUT2D eigenvalue weighted by molar-refractivity contribution is 6.30. The standard InChI is InChI=1S/C21H23ClN2O2/c1-21(10-12-23-13-11-21)14-24-20(26)18-5-3-2-4-17(18)19(25)15-6-8-16(22)9-7-15/h2-9,23H,10-14H2,1H3,(H,24,26). The minimum Gasteiger partial charge on any atom is -0.351 e. The monoisotopic (exact) mass is 370 g/mol. The summed E-state index contributed by atoms with van der Waals surface area (Å²) in [5.74, 6) is -0.386. The first kappa shape index (κ1) is 18.6. The average Bonchev–Trinajstić information content (AvgIpc) is 2.67. The number of ketones is 1. The first-order chi connectivity index (χ1) is 12.5. The van der Waals surface area contributed by atoms with Crippen molar-refractivity contribution < 1.29 is 9.59 Å². The molecule has 0 aliphatic carbocycles. The summed E-state index contributed by atoms with van der Waals surface area (Å²) < 4.78 is 0. The van der Waals surface area contributed by atoms with E-state index in [-0.39, 0.29) is 17.1 Å². The zero-order valence-corrected chi connectivity index (χ0v) is 15.6. The maximum Gasteiger partial charge on any atom is 0.252 e. The number of rotatable bonds is 5. The van der Waals surface area contributed by atoms with E-state index in [9.17, 15) is 9.59 Å². The number of carbonyl (C=O) groups is 2. The summed E-state index contributed by atoms with van der Waals surface area (Å²) in [6, 6.07) is 13.6. The van der Waals surface area contributed by atoms with Crippen LogP contribution in [0.1, 0.15) is 46.0 Å². The smallest absolute Gasteiger partial charge is 0.252 e. The Morgan fingerprint density at radius 2 is 1.65 bits per heavy atom. The fourth-order valence-corrected chi connectivity index (χ4v) is 3.36. The molecule has 2 N–H and O–H groups in total. The molecule has 26 heavy (non-hydrogen) atoms. The molecule has 1 aliphatic heterocycles. The fraction of sp³-hybridized carbons (Fsp3) is 0.333. The maximum absolute atomic E-state index is 12.8. The third kappa shape index (κ3) is 4.32. The third-order valence-corrected chi connectivity index (χ3v) is 5.26. The lowest BCUT2D eigenvalue weighted by atomic mass is 9.81. The van der Waals surface area contributed by atoms with Gasteiger partial charge in [0, 0.05) is 22.7 Å². The number of hydrogen-bond donors (Lipinski definition) is 2. The van der Waals surface area contributed by atoms with Crippen molar-refractivity contribution in [3.8, 4) is 0 Å². The number of nitrogens with one attached hydrogen (secondary N) is 2. The van der Waals surface area contributed by atoms with E-state index >= 15 is 0 Å². The van der Waals surface area contributed by atoms with Crippen LogP contribution in [0, 0.1) is 5.41 Å². The molecule has 0 aromatic heterocycles. The summed E-state index contributed by atoms with van der Waals surface area (Å²) in [6.07, 6.45) is 2.05. The van der Waals surface area contributed by atoms with E-state index in [0.29, 0.717) is 28.3 Å². The molecular weight excluding hydrogens is 348 g/mol. The Kier molecular flexibility index (Phi) is 5.74. The van der Waals surface area contributed by atoms with Crippen molar-refractivity contribution in [1.29, 1.82) is 0 Å². The van der Waals surface area contributed by atoms with Gasteiger partial charge in [-0.15, -0.1) is 0 Å². The van der Waals surface area contributed by atoms with Crippen molar-refractivity contribution in [3.63, 3.8) is 0 Å². The van der Waals surface area contributed by atoms with Gasteiger partial charge in [-0.1, -0.05) is 36.7 Å². The van der Waals surface area contributed by atoms with Gasteiger partial charge >= 0.3 is 0 Å². The molecule has 1 aliphatic rings. The summed E-state index contributed by atoms with van der Waals surface area (Å²) in [7, 11) is 0. The Balaban J connectivity index is 1.76. The van der Waals surface area contributed by atoms with Crippen molar-refractivity contribution in [2.24, 2.45) is 5.41 Å². The molecule has 3 rings (SSSR count). The summed E-state index contributed by atoms with van der Waals surface area (Å²) in [6.45, 7) is 4.74. The van der Waals surface area contributed by atoms with Crippen molar-refractivity contribution in [2.75, 3.05) is 19.6 Å². The largest absolute Gasteiger partial charge is 0.351 e. The predicted octanol–water partition coefficient (Wildman–Crippen LogP) is 3.69. The van der Waals surface area contributed by atoms with E-state index < -0.39 is 0 Å². The van der Waals surface area contributed by atoms with Crippen LogP contribution in [0.15, 0.2) is 48.5 Å². The van der Waals surface area contributed by atoms with E-state index in [0.717, 1.165) is 25.9 Å². The molecule has 2 aromatic rings. The van der Waals surface area contributed by atoms with Gasteiger partial charge in [0.25, 0.3) is 5.91 Å². The van der Waals surface area contributed by atoms with Gasteiger partial charge in [0.05, 0.1) is 5.56 Å². The van der Waals surface area contributed by atoms with Crippen molar-refractivity contribution >= 4 is 23.3 Å². The molecule has 1 saturated heterocycles. The molecule has 0 unspecified atom stereocenters. The maximum atomic E-state index is 12.8. The van der Waals surface area contributed by atoms with Crippen LogP contribution < -0.4 is 10.6 Å². The topological polar surface area (TPSA) is 58.2 Å². The molecule has 136 valence electrons. The molecule has 1 amide bonds. The van der Waals surface area contributed by atoms with Gasteiger partial charge in [0.1, 0.15) is 0 Å². The number of halogens is 1.